The minimum atomic E-state index is -0.0597. The summed E-state index contributed by atoms with van der Waals surface area (Å²) in [6, 6.07) is 9.90. The molecule has 106 valence electrons. The molecule has 0 saturated heterocycles. The van der Waals surface area contributed by atoms with Crippen LogP contribution in [-0.4, -0.2) is 4.98 Å². The number of aromatic amines is 1. The summed E-state index contributed by atoms with van der Waals surface area (Å²) in [5.74, 6) is 0. The van der Waals surface area contributed by atoms with E-state index < -0.39 is 0 Å². The summed E-state index contributed by atoms with van der Waals surface area (Å²) in [5, 5.41) is 0. The number of ether oxygens (including phenoxy) is 1. The molecule has 0 aliphatic rings. The van der Waals surface area contributed by atoms with Crippen LogP contribution < -0.4 is 5.56 Å². The van der Waals surface area contributed by atoms with Crippen molar-refractivity contribution in [3.8, 4) is 0 Å². The molecule has 20 heavy (non-hydrogen) atoms. The summed E-state index contributed by atoms with van der Waals surface area (Å²) in [6.07, 6.45) is 0.905. The van der Waals surface area contributed by atoms with Crippen LogP contribution in [0.3, 0.4) is 0 Å². The van der Waals surface area contributed by atoms with E-state index in [-0.39, 0.29) is 5.56 Å². The second-order valence-corrected chi connectivity index (χ2v) is 5.66. The van der Waals surface area contributed by atoms with Crippen molar-refractivity contribution in [3.05, 3.63) is 67.5 Å². The number of aryl methyl sites for hydroxylation is 2. The number of aromatic nitrogens is 1. The van der Waals surface area contributed by atoms with Gasteiger partial charge >= 0.3 is 0 Å². The fourth-order valence-electron chi connectivity index (χ4n) is 2.05. The molecule has 1 aromatic carbocycles. The number of hydrogen-bond acceptors (Lipinski definition) is 2. The van der Waals surface area contributed by atoms with E-state index in [1.807, 2.05) is 37.3 Å². The normalized spacial score (nSPS) is 10.8. The zero-order valence-electron chi connectivity index (χ0n) is 11.7. The van der Waals surface area contributed by atoms with Gasteiger partial charge in [-0.05, 0) is 42.7 Å². The van der Waals surface area contributed by atoms with E-state index in [0.717, 1.165) is 27.7 Å². The van der Waals surface area contributed by atoms with Gasteiger partial charge in [-0.1, -0.05) is 35.0 Å². The maximum atomic E-state index is 11.9. The van der Waals surface area contributed by atoms with Crippen molar-refractivity contribution in [2.75, 3.05) is 0 Å². The lowest BCUT2D eigenvalue weighted by Crippen LogP contribution is -2.16. The highest BCUT2D eigenvalue weighted by Gasteiger charge is 2.05. The third-order valence-corrected chi connectivity index (χ3v) is 3.77. The minimum absolute atomic E-state index is 0.0597. The molecule has 0 radical (unpaired) electrons. The number of hydrogen-bond donors (Lipinski definition) is 1. The minimum Gasteiger partial charge on any atom is -0.372 e. The molecule has 0 aliphatic carbocycles. The molecule has 1 aromatic heterocycles. The Hall–Kier alpha value is -1.39. The Morgan fingerprint density at radius 3 is 2.50 bits per heavy atom. The van der Waals surface area contributed by atoms with Crippen molar-refractivity contribution < 1.29 is 4.74 Å². The monoisotopic (exact) mass is 335 g/mol. The Kier molecular flexibility index (Phi) is 5.15. The third-order valence-electron chi connectivity index (χ3n) is 3.24. The summed E-state index contributed by atoms with van der Waals surface area (Å²) in [4.78, 5) is 14.7. The summed E-state index contributed by atoms with van der Waals surface area (Å²) in [5.41, 5.74) is 3.81. The van der Waals surface area contributed by atoms with E-state index in [2.05, 4.69) is 27.8 Å². The zero-order chi connectivity index (χ0) is 14.5. The maximum absolute atomic E-state index is 11.9. The molecule has 0 aliphatic heterocycles. The van der Waals surface area contributed by atoms with Crippen molar-refractivity contribution in [2.45, 2.75) is 33.5 Å². The van der Waals surface area contributed by atoms with Crippen LogP contribution in [-0.2, 0) is 24.4 Å². The van der Waals surface area contributed by atoms with Gasteiger partial charge in [-0.2, -0.15) is 0 Å². The van der Waals surface area contributed by atoms with Gasteiger partial charge < -0.3 is 9.72 Å². The van der Waals surface area contributed by atoms with Crippen LogP contribution in [0.25, 0.3) is 0 Å². The number of nitrogens with one attached hydrogen (secondary N) is 1. The topological polar surface area (TPSA) is 42.1 Å². The molecule has 0 spiro atoms. The summed E-state index contributed by atoms with van der Waals surface area (Å²) in [7, 11) is 0. The molecule has 0 amide bonds. The predicted octanol–water partition coefficient (Wildman–Crippen LogP) is 3.73. The molecule has 0 bridgehead atoms. The lowest BCUT2D eigenvalue weighted by Gasteiger charge is -2.08. The zero-order valence-corrected chi connectivity index (χ0v) is 13.3. The summed E-state index contributed by atoms with van der Waals surface area (Å²) < 4.78 is 6.68. The van der Waals surface area contributed by atoms with Crippen molar-refractivity contribution in [2.24, 2.45) is 0 Å². The van der Waals surface area contributed by atoms with Gasteiger partial charge in [0.25, 0.3) is 5.56 Å². The van der Waals surface area contributed by atoms with Crippen LogP contribution in [0.2, 0.25) is 0 Å². The molecule has 0 atom stereocenters. The molecule has 0 saturated carbocycles. The number of pyridine rings is 1. The van der Waals surface area contributed by atoms with E-state index >= 15 is 0 Å². The molecule has 1 heterocycles. The fraction of sp³-hybridized carbons (Fsp3) is 0.312. The summed E-state index contributed by atoms with van der Waals surface area (Å²) in [6.45, 7) is 4.83. The largest absolute Gasteiger partial charge is 0.372 e. The van der Waals surface area contributed by atoms with E-state index in [4.69, 9.17) is 4.74 Å². The van der Waals surface area contributed by atoms with Crippen molar-refractivity contribution >= 4 is 15.9 Å². The Labute approximate surface area is 127 Å². The quantitative estimate of drug-likeness (QED) is 0.904. The molecule has 4 heteroatoms. The van der Waals surface area contributed by atoms with Gasteiger partial charge in [0, 0.05) is 15.7 Å². The average Bonchev–Trinajstić information content (AvgIpc) is 2.43. The first-order valence-electron chi connectivity index (χ1n) is 6.64. The first-order chi connectivity index (χ1) is 9.60. The van der Waals surface area contributed by atoms with Gasteiger partial charge in [-0.15, -0.1) is 0 Å². The van der Waals surface area contributed by atoms with E-state index in [9.17, 15) is 4.79 Å². The average molecular weight is 336 g/mol. The highest BCUT2D eigenvalue weighted by molar-refractivity contribution is 9.10. The Balaban J connectivity index is 2.00. The van der Waals surface area contributed by atoms with Gasteiger partial charge in [0.15, 0.2) is 0 Å². The second kappa shape index (κ2) is 6.86. The van der Waals surface area contributed by atoms with Crippen LogP contribution >= 0.6 is 15.9 Å². The lowest BCUT2D eigenvalue weighted by molar-refractivity contribution is 0.106. The van der Waals surface area contributed by atoms with Crippen LogP contribution in [0.15, 0.2) is 39.6 Å². The first-order valence-corrected chi connectivity index (χ1v) is 7.43. The third kappa shape index (κ3) is 3.81. The molecule has 2 aromatic rings. The molecule has 2 rings (SSSR count). The van der Waals surface area contributed by atoms with E-state index in [1.54, 1.807) is 0 Å². The number of benzene rings is 1. The Morgan fingerprint density at radius 2 is 1.85 bits per heavy atom. The SMILES string of the molecule is CCc1cc(COCc2ccc(Br)cc2)c(=O)[nH]c1C. The van der Waals surface area contributed by atoms with Gasteiger partial charge in [-0.25, -0.2) is 0 Å². The highest BCUT2D eigenvalue weighted by atomic mass is 79.9. The van der Waals surface area contributed by atoms with Crippen LogP contribution in [0, 0.1) is 6.92 Å². The van der Waals surface area contributed by atoms with Crippen molar-refractivity contribution in [1.82, 2.24) is 4.98 Å². The van der Waals surface area contributed by atoms with Gasteiger partial charge in [0.2, 0.25) is 0 Å². The van der Waals surface area contributed by atoms with Crippen LogP contribution in [0.1, 0.15) is 29.3 Å². The predicted molar refractivity (Wildman–Crippen MR) is 83.8 cm³/mol. The smallest absolute Gasteiger partial charge is 0.253 e. The number of halogens is 1. The molecule has 3 nitrogen and oxygen atoms in total. The molecule has 0 fully saturated rings. The molecule has 1 N–H and O–H groups in total. The first kappa shape index (κ1) is 15.0. The standard InChI is InChI=1S/C16H18BrNO2/c1-3-13-8-14(16(19)18-11(13)2)10-20-9-12-4-6-15(17)7-5-12/h4-8H,3,9-10H2,1-2H3,(H,18,19). The van der Waals surface area contributed by atoms with Crippen LogP contribution in [0.5, 0.6) is 0 Å². The van der Waals surface area contributed by atoms with Crippen molar-refractivity contribution in [1.29, 1.82) is 0 Å². The van der Waals surface area contributed by atoms with E-state index in [1.165, 1.54) is 0 Å². The summed E-state index contributed by atoms with van der Waals surface area (Å²) >= 11 is 3.40. The maximum Gasteiger partial charge on any atom is 0.253 e. The fourth-order valence-corrected chi connectivity index (χ4v) is 2.31. The second-order valence-electron chi connectivity index (χ2n) is 4.75. The lowest BCUT2D eigenvalue weighted by atomic mass is 10.1. The van der Waals surface area contributed by atoms with E-state index in [0.29, 0.717) is 18.8 Å². The highest BCUT2D eigenvalue weighted by Crippen LogP contribution is 2.12. The van der Waals surface area contributed by atoms with Crippen molar-refractivity contribution in [3.63, 3.8) is 0 Å². The molecular formula is C16H18BrNO2. The van der Waals surface area contributed by atoms with Crippen LogP contribution in [0.4, 0.5) is 0 Å². The Bertz CT molecular complexity index is 632. The number of rotatable bonds is 5. The van der Waals surface area contributed by atoms with Gasteiger partial charge in [0.05, 0.1) is 13.2 Å². The Morgan fingerprint density at radius 1 is 1.15 bits per heavy atom. The van der Waals surface area contributed by atoms with Gasteiger partial charge in [0.1, 0.15) is 0 Å². The molecular weight excluding hydrogens is 318 g/mol. The van der Waals surface area contributed by atoms with Gasteiger partial charge in [-0.3, -0.25) is 4.79 Å². The number of H-pyrrole nitrogens is 1. The molecule has 0 unspecified atom stereocenters.